The van der Waals surface area contributed by atoms with Crippen LogP contribution in [0.1, 0.15) is 35.7 Å². The first-order valence-electron chi connectivity index (χ1n) is 9.39. The maximum Gasteiger partial charge on any atom is 0.373 e. The molecular formula is C21H20BrNO7S. The number of carbonyl (C=O) groups is 3. The van der Waals surface area contributed by atoms with Gasteiger partial charge < -0.3 is 18.6 Å². The van der Waals surface area contributed by atoms with E-state index in [1.807, 2.05) is 13.8 Å². The number of furan rings is 1. The van der Waals surface area contributed by atoms with Crippen molar-refractivity contribution in [2.75, 3.05) is 20.3 Å². The number of imide groups is 1. The first-order chi connectivity index (χ1) is 14.9. The van der Waals surface area contributed by atoms with Crippen LogP contribution in [-0.2, 0) is 16.1 Å². The third kappa shape index (κ3) is 5.13. The maximum absolute atomic E-state index is 12.8. The van der Waals surface area contributed by atoms with Crippen LogP contribution in [-0.4, -0.2) is 42.3 Å². The normalized spacial score (nSPS) is 15.0. The number of rotatable bonds is 8. The molecule has 0 bridgehead atoms. The third-order valence-electron chi connectivity index (χ3n) is 4.15. The molecule has 1 aromatic carbocycles. The molecule has 0 aliphatic carbocycles. The Labute approximate surface area is 191 Å². The number of benzene rings is 1. The number of methoxy groups -OCH3 is 1. The fourth-order valence-corrected chi connectivity index (χ4v) is 4.25. The molecule has 2 amide bonds. The summed E-state index contributed by atoms with van der Waals surface area (Å²) in [5, 5.41) is -0.428. The third-order valence-corrected chi connectivity index (χ3v) is 5.65. The first kappa shape index (κ1) is 23.0. The average molecular weight is 510 g/mol. The summed E-state index contributed by atoms with van der Waals surface area (Å²) in [4.78, 5) is 38.0. The molecule has 0 atom stereocenters. The average Bonchev–Trinajstić information content (AvgIpc) is 3.31. The van der Waals surface area contributed by atoms with E-state index in [-0.39, 0.29) is 17.2 Å². The van der Waals surface area contributed by atoms with Crippen LogP contribution >= 0.6 is 27.7 Å². The van der Waals surface area contributed by atoms with Crippen LogP contribution in [0.15, 0.2) is 38.1 Å². The predicted molar refractivity (Wildman–Crippen MR) is 118 cm³/mol. The van der Waals surface area contributed by atoms with Crippen LogP contribution in [0.3, 0.4) is 0 Å². The van der Waals surface area contributed by atoms with Crippen molar-refractivity contribution in [3.8, 4) is 11.5 Å². The SMILES string of the molecule is CCOc1cc(/C=C2/SC(=O)N(Cc3ccc(C(=O)OC)o3)C2=O)cc(Br)c1OCC. The van der Waals surface area contributed by atoms with Crippen LogP contribution in [0.25, 0.3) is 6.08 Å². The lowest BCUT2D eigenvalue weighted by Gasteiger charge is -2.13. The van der Waals surface area contributed by atoms with Crippen LogP contribution < -0.4 is 9.47 Å². The van der Waals surface area contributed by atoms with Gasteiger partial charge in [0.15, 0.2) is 11.5 Å². The van der Waals surface area contributed by atoms with Gasteiger partial charge in [-0.05, 0) is 77.4 Å². The number of esters is 1. The molecule has 2 heterocycles. The summed E-state index contributed by atoms with van der Waals surface area (Å²) < 4.78 is 21.9. The van der Waals surface area contributed by atoms with E-state index in [0.717, 1.165) is 16.7 Å². The molecule has 1 aromatic heterocycles. The molecule has 1 aliphatic heterocycles. The minimum absolute atomic E-state index is 0.00250. The molecule has 0 radical (unpaired) electrons. The second-order valence-corrected chi connectivity index (χ2v) is 8.07. The Morgan fingerprint density at radius 3 is 2.61 bits per heavy atom. The Morgan fingerprint density at radius 2 is 1.94 bits per heavy atom. The van der Waals surface area contributed by atoms with Crippen molar-refractivity contribution in [2.45, 2.75) is 20.4 Å². The van der Waals surface area contributed by atoms with Gasteiger partial charge >= 0.3 is 5.97 Å². The monoisotopic (exact) mass is 509 g/mol. The van der Waals surface area contributed by atoms with Gasteiger partial charge in [0.05, 0.1) is 36.2 Å². The van der Waals surface area contributed by atoms with E-state index in [0.29, 0.717) is 40.5 Å². The topological polar surface area (TPSA) is 95.3 Å². The molecule has 0 spiro atoms. The van der Waals surface area contributed by atoms with E-state index in [2.05, 4.69) is 20.7 Å². The number of hydrogen-bond acceptors (Lipinski definition) is 8. The highest BCUT2D eigenvalue weighted by Crippen LogP contribution is 2.39. The zero-order valence-electron chi connectivity index (χ0n) is 17.1. The molecule has 164 valence electrons. The molecule has 1 aliphatic rings. The van der Waals surface area contributed by atoms with Crippen LogP contribution in [0.5, 0.6) is 11.5 Å². The predicted octanol–water partition coefficient (Wildman–Crippen LogP) is 4.86. The van der Waals surface area contributed by atoms with E-state index in [1.165, 1.54) is 19.2 Å². The Hall–Kier alpha value is -2.72. The van der Waals surface area contributed by atoms with Gasteiger partial charge in [-0.3, -0.25) is 14.5 Å². The summed E-state index contributed by atoms with van der Waals surface area (Å²) in [6.07, 6.45) is 1.62. The van der Waals surface area contributed by atoms with Crippen molar-refractivity contribution < 1.29 is 33.0 Å². The van der Waals surface area contributed by atoms with E-state index < -0.39 is 17.1 Å². The molecule has 1 saturated heterocycles. The number of nitrogens with zero attached hydrogens (tertiary/aromatic N) is 1. The molecule has 0 unspecified atom stereocenters. The highest BCUT2D eigenvalue weighted by atomic mass is 79.9. The second-order valence-electron chi connectivity index (χ2n) is 6.22. The quantitative estimate of drug-likeness (QED) is 0.367. The zero-order chi connectivity index (χ0) is 22.5. The number of halogens is 1. The van der Waals surface area contributed by atoms with E-state index in [9.17, 15) is 14.4 Å². The van der Waals surface area contributed by atoms with E-state index in [1.54, 1.807) is 18.2 Å². The Kier molecular flexibility index (Phi) is 7.45. The van der Waals surface area contributed by atoms with Crippen LogP contribution in [0, 0.1) is 0 Å². The molecule has 0 N–H and O–H groups in total. The highest BCUT2D eigenvalue weighted by molar-refractivity contribution is 9.10. The second kappa shape index (κ2) is 10.1. The maximum atomic E-state index is 12.8. The minimum atomic E-state index is -0.633. The van der Waals surface area contributed by atoms with Gasteiger partial charge in [0, 0.05) is 0 Å². The summed E-state index contributed by atoms with van der Waals surface area (Å²) in [6.45, 7) is 4.57. The van der Waals surface area contributed by atoms with Gasteiger partial charge in [-0.1, -0.05) is 0 Å². The van der Waals surface area contributed by atoms with Crippen molar-refractivity contribution in [2.24, 2.45) is 0 Å². The zero-order valence-corrected chi connectivity index (χ0v) is 19.5. The van der Waals surface area contributed by atoms with Gasteiger partial charge in [0.1, 0.15) is 5.76 Å². The lowest BCUT2D eigenvalue weighted by atomic mass is 10.2. The first-order valence-corrected chi connectivity index (χ1v) is 11.0. The standard InChI is InChI=1S/C21H20BrNO7S/c1-4-28-16-9-12(8-14(22)18(16)29-5-2)10-17-19(24)23(21(26)31-17)11-13-6-7-15(30-13)20(25)27-3/h6-10H,4-5,11H2,1-3H3/b17-10+. The highest BCUT2D eigenvalue weighted by Gasteiger charge is 2.36. The minimum Gasteiger partial charge on any atom is -0.490 e. The number of thioether (sulfide) groups is 1. The summed E-state index contributed by atoms with van der Waals surface area (Å²) in [6, 6.07) is 6.50. The molecule has 31 heavy (non-hydrogen) atoms. The molecular weight excluding hydrogens is 490 g/mol. The molecule has 1 fully saturated rings. The van der Waals surface area contributed by atoms with Crippen LogP contribution in [0.2, 0.25) is 0 Å². The fourth-order valence-electron chi connectivity index (χ4n) is 2.84. The molecule has 2 aromatic rings. The summed E-state index contributed by atoms with van der Waals surface area (Å²) in [7, 11) is 1.24. The lowest BCUT2D eigenvalue weighted by Crippen LogP contribution is -2.27. The summed E-state index contributed by atoms with van der Waals surface area (Å²) in [5.74, 6) is 0.332. The number of hydrogen-bond donors (Lipinski definition) is 0. The number of amides is 2. The number of carbonyl (C=O) groups excluding carboxylic acids is 3. The van der Waals surface area contributed by atoms with E-state index in [4.69, 9.17) is 13.9 Å². The Morgan fingerprint density at radius 1 is 1.19 bits per heavy atom. The Balaban J connectivity index is 1.83. The largest absolute Gasteiger partial charge is 0.490 e. The molecule has 0 saturated carbocycles. The molecule has 8 nitrogen and oxygen atoms in total. The van der Waals surface area contributed by atoms with E-state index >= 15 is 0 Å². The van der Waals surface area contributed by atoms with Crippen molar-refractivity contribution in [3.05, 3.63) is 50.7 Å². The summed E-state index contributed by atoms with van der Waals surface area (Å²) in [5.41, 5.74) is 0.676. The number of ether oxygens (including phenoxy) is 3. The summed E-state index contributed by atoms with van der Waals surface area (Å²) >= 11 is 4.30. The molecule has 3 rings (SSSR count). The smallest absolute Gasteiger partial charge is 0.373 e. The Bertz CT molecular complexity index is 1050. The van der Waals surface area contributed by atoms with Crippen molar-refractivity contribution >= 4 is 50.9 Å². The molecule has 10 heteroatoms. The van der Waals surface area contributed by atoms with Crippen molar-refractivity contribution in [3.63, 3.8) is 0 Å². The van der Waals surface area contributed by atoms with Gasteiger partial charge in [0.25, 0.3) is 11.1 Å². The van der Waals surface area contributed by atoms with Gasteiger partial charge in [-0.2, -0.15) is 0 Å². The van der Waals surface area contributed by atoms with Crippen molar-refractivity contribution in [1.29, 1.82) is 0 Å². The van der Waals surface area contributed by atoms with Crippen molar-refractivity contribution in [1.82, 2.24) is 4.90 Å². The van der Waals surface area contributed by atoms with Gasteiger partial charge in [-0.25, -0.2) is 4.79 Å². The van der Waals surface area contributed by atoms with Crippen LogP contribution in [0.4, 0.5) is 4.79 Å². The van der Waals surface area contributed by atoms with Gasteiger partial charge in [0.2, 0.25) is 5.76 Å². The fraction of sp³-hybridized carbons (Fsp3) is 0.286. The lowest BCUT2D eigenvalue weighted by molar-refractivity contribution is -0.123. The van der Waals surface area contributed by atoms with Gasteiger partial charge in [-0.15, -0.1) is 0 Å².